The zero-order chi connectivity index (χ0) is 11.8. The van der Waals surface area contributed by atoms with Crippen LogP contribution < -0.4 is 19.7 Å². The molecular formula is C9H9F2NO4. The Morgan fingerprint density at radius 2 is 1.81 bits per heavy atom. The van der Waals surface area contributed by atoms with E-state index in [4.69, 9.17) is 4.74 Å². The van der Waals surface area contributed by atoms with Crippen molar-refractivity contribution in [1.82, 2.24) is 0 Å². The number of hydrogen-bond donors (Lipinski definition) is 1. The van der Waals surface area contributed by atoms with Crippen LogP contribution in [-0.4, -0.2) is 20.5 Å². The van der Waals surface area contributed by atoms with Crippen LogP contribution in [0.15, 0.2) is 12.1 Å². The number of ether oxygens (including phenoxy) is 3. The lowest BCUT2D eigenvalue weighted by Crippen LogP contribution is -2.25. The van der Waals surface area contributed by atoms with E-state index in [0.717, 1.165) is 0 Å². The second-order valence-corrected chi connectivity index (χ2v) is 2.97. The molecule has 0 bridgehead atoms. The first-order valence-electron chi connectivity index (χ1n) is 4.32. The number of nitrogens with one attached hydrogen (secondary N) is 1. The van der Waals surface area contributed by atoms with E-state index in [1.165, 1.54) is 26.4 Å². The van der Waals surface area contributed by atoms with Crippen LogP contribution in [0.25, 0.3) is 0 Å². The van der Waals surface area contributed by atoms with Crippen molar-refractivity contribution in [3.05, 3.63) is 12.1 Å². The summed E-state index contributed by atoms with van der Waals surface area (Å²) in [5.74, 6) is 0.149. The SMILES string of the molecule is CONc1cc2c(cc1OC)OC(F)(F)O2. The molecule has 0 radical (unpaired) electrons. The number of anilines is 1. The maximum absolute atomic E-state index is 12.8. The molecule has 7 heteroatoms. The second-order valence-electron chi connectivity index (χ2n) is 2.97. The topological polar surface area (TPSA) is 49.0 Å². The first-order valence-corrected chi connectivity index (χ1v) is 4.32. The van der Waals surface area contributed by atoms with Crippen LogP contribution in [0.3, 0.4) is 0 Å². The Morgan fingerprint density at radius 1 is 1.19 bits per heavy atom. The lowest BCUT2D eigenvalue weighted by Gasteiger charge is -2.09. The third kappa shape index (κ3) is 1.81. The number of alkyl halides is 2. The van der Waals surface area contributed by atoms with Crippen molar-refractivity contribution in [2.24, 2.45) is 0 Å². The van der Waals surface area contributed by atoms with E-state index in [1.54, 1.807) is 0 Å². The average Bonchev–Trinajstić information content (AvgIpc) is 2.50. The van der Waals surface area contributed by atoms with Crippen molar-refractivity contribution in [1.29, 1.82) is 0 Å². The predicted molar refractivity (Wildman–Crippen MR) is 49.8 cm³/mol. The fraction of sp³-hybridized carbons (Fsp3) is 0.333. The number of methoxy groups -OCH3 is 1. The summed E-state index contributed by atoms with van der Waals surface area (Å²) in [6, 6.07) is 2.59. The second kappa shape index (κ2) is 3.67. The molecule has 0 spiro atoms. The van der Waals surface area contributed by atoms with E-state index >= 15 is 0 Å². The summed E-state index contributed by atoms with van der Waals surface area (Å²) in [4.78, 5) is 4.67. The lowest BCUT2D eigenvalue weighted by atomic mass is 10.2. The van der Waals surface area contributed by atoms with E-state index in [9.17, 15) is 8.78 Å². The molecule has 1 heterocycles. The van der Waals surface area contributed by atoms with E-state index in [0.29, 0.717) is 11.4 Å². The van der Waals surface area contributed by atoms with E-state index in [1.807, 2.05) is 0 Å². The third-order valence-corrected chi connectivity index (χ3v) is 1.94. The van der Waals surface area contributed by atoms with Gasteiger partial charge in [0.25, 0.3) is 0 Å². The van der Waals surface area contributed by atoms with Gasteiger partial charge in [-0.25, -0.2) is 0 Å². The zero-order valence-corrected chi connectivity index (χ0v) is 8.54. The molecule has 2 rings (SSSR count). The molecular weight excluding hydrogens is 224 g/mol. The highest BCUT2D eigenvalue weighted by atomic mass is 19.3. The fourth-order valence-electron chi connectivity index (χ4n) is 1.34. The highest BCUT2D eigenvalue weighted by Crippen LogP contribution is 2.46. The third-order valence-electron chi connectivity index (χ3n) is 1.94. The zero-order valence-electron chi connectivity index (χ0n) is 8.54. The summed E-state index contributed by atoms with van der Waals surface area (Å²) in [6.45, 7) is 0. The number of fused-ring (bicyclic) bond motifs is 1. The van der Waals surface area contributed by atoms with Crippen LogP contribution in [0.5, 0.6) is 17.2 Å². The Morgan fingerprint density at radius 3 is 2.38 bits per heavy atom. The summed E-state index contributed by atoms with van der Waals surface area (Å²) in [7, 11) is 2.79. The minimum atomic E-state index is -3.64. The van der Waals surface area contributed by atoms with Gasteiger partial charge in [-0.1, -0.05) is 0 Å². The molecule has 0 aromatic heterocycles. The average molecular weight is 233 g/mol. The van der Waals surface area contributed by atoms with Gasteiger partial charge in [0.05, 0.1) is 14.2 Å². The summed E-state index contributed by atoms with van der Waals surface area (Å²) < 4.78 is 39.0. The molecule has 0 saturated heterocycles. The fourth-order valence-corrected chi connectivity index (χ4v) is 1.34. The van der Waals surface area contributed by atoms with Gasteiger partial charge in [0.2, 0.25) is 0 Å². The van der Waals surface area contributed by atoms with Crippen LogP contribution in [0.4, 0.5) is 14.5 Å². The molecule has 0 atom stereocenters. The summed E-state index contributed by atoms with van der Waals surface area (Å²) >= 11 is 0. The van der Waals surface area contributed by atoms with Gasteiger partial charge >= 0.3 is 6.29 Å². The number of benzene rings is 1. The van der Waals surface area contributed by atoms with Gasteiger partial charge in [-0.3, -0.25) is 10.3 Å². The molecule has 1 aromatic rings. The monoisotopic (exact) mass is 233 g/mol. The first-order chi connectivity index (χ1) is 7.55. The van der Waals surface area contributed by atoms with Crippen molar-refractivity contribution in [2.45, 2.75) is 6.29 Å². The maximum Gasteiger partial charge on any atom is 0.586 e. The standard InChI is InChI=1S/C9H9F2NO4/c1-13-6-4-8-7(3-5(6)12-14-2)15-9(10,11)16-8/h3-4,12H,1-2H3. The van der Waals surface area contributed by atoms with Crippen molar-refractivity contribution >= 4 is 5.69 Å². The molecule has 0 unspecified atom stereocenters. The van der Waals surface area contributed by atoms with Gasteiger partial charge in [-0.15, -0.1) is 8.78 Å². The van der Waals surface area contributed by atoms with E-state index < -0.39 is 6.29 Å². The molecule has 5 nitrogen and oxygen atoms in total. The molecule has 0 amide bonds. The van der Waals surface area contributed by atoms with Crippen LogP contribution >= 0.6 is 0 Å². The number of halogens is 2. The number of rotatable bonds is 3. The molecule has 1 aliphatic heterocycles. The Bertz CT molecular complexity index is 411. The minimum Gasteiger partial charge on any atom is -0.494 e. The first kappa shape index (κ1) is 10.7. The van der Waals surface area contributed by atoms with Crippen LogP contribution in [0.2, 0.25) is 0 Å². The summed E-state index contributed by atoms with van der Waals surface area (Å²) in [6.07, 6.45) is -3.64. The van der Waals surface area contributed by atoms with Gasteiger partial charge in [0, 0.05) is 12.1 Å². The predicted octanol–water partition coefficient (Wildman–Crippen LogP) is 1.99. The Labute approximate surface area is 89.8 Å². The Hall–Kier alpha value is -1.76. The summed E-state index contributed by atoms with van der Waals surface area (Å²) in [5.41, 5.74) is 2.84. The highest BCUT2D eigenvalue weighted by Gasteiger charge is 2.44. The van der Waals surface area contributed by atoms with E-state index in [-0.39, 0.29) is 11.5 Å². The quantitative estimate of drug-likeness (QED) is 0.809. The molecule has 0 fully saturated rings. The Kier molecular flexibility index (Phi) is 2.47. The molecule has 0 aliphatic carbocycles. The molecule has 1 aliphatic rings. The van der Waals surface area contributed by atoms with Gasteiger partial charge in [-0.05, 0) is 0 Å². The van der Waals surface area contributed by atoms with Gasteiger partial charge in [0.1, 0.15) is 11.4 Å². The minimum absolute atomic E-state index is 0.0784. The molecule has 88 valence electrons. The van der Waals surface area contributed by atoms with Crippen LogP contribution in [0.1, 0.15) is 0 Å². The van der Waals surface area contributed by atoms with Crippen molar-refractivity contribution in [3.8, 4) is 17.2 Å². The highest BCUT2D eigenvalue weighted by molar-refractivity contribution is 5.64. The smallest absolute Gasteiger partial charge is 0.494 e. The maximum atomic E-state index is 12.8. The normalized spacial score (nSPS) is 16.0. The van der Waals surface area contributed by atoms with Crippen LogP contribution in [0, 0.1) is 0 Å². The lowest BCUT2D eigenvalue weighted by molar-refractivity contribution is -0.286. The molecule has 1 N–H and O–H groups in total. The van der Waals surface area contributed by atoms with Crippen molar-refractivity contribution in [3.63, 3.8) is 0 Å². The van der Waals surface area contributed by atoms with Gasteiger partial charge in [0.15, 0.2) is 11.5 Å². The molecule has 1 aromatic carbocycles. The molecule has 16 heavy (non-hydrogen) atoms. The van der Waals surface area contributed by atoms with Gasteiger partial charge < -0.3 is 14.2 Å². The number of hydrogen-bond acceptors (Lipinski definition) is 5. The molecule has 0 saturated carbocycles. The Balaban J connectivity index is 2.38. The van der Waals surface area contributed by atoms with Crippen LogP contribution in [-0.2, 0) is 4.84 Å². The van der Waals surface area contributed by atoms with Gasteiger partial charge in [-0.2, -0.15) is 0 Å². The largest absolute Gasteiger partial charge is 0.586 e. The van der Waals surface area contributed by atoms with E-state index in [2.05, 4.69) is 19.8 Å². The summed E-state index contributed by atoms with van der Waals surface area (Å²) in [5, 5.41) is 0. The van der Waals surface area contributed by atoms with Crippen molar-refractivity contribution < 1.29 is 27.8 Å². The van der Waals surface area contributed by atoms with Crippen molar-refractivity contribution in [2.75, 3.05) is 19.7 Å².